The Bertz CT molecular complexity index is 991. The van der Waals surface area contributed by atoms with Gasteiger partial charge in [-0.3, -0.25) is 4.79 Å². The molecule has 0 bridgehead atoms. The van der Waals surface area contributed by atoms with Crippen LogP contribution in [-0.2, 0) is 14.6 Å². The van der Waals surface area contributed by atoms with Crippen LogP contribution < -0.4 is 5.32 Å². The minimum Gasteiger partial charge on any atom is -0.462 e. The molecule has 0 radical (unpaired) electrons. The van der Waals surface area contributed by atoms with E-state index in [1.165, 1.54) is 0 Å². The number of hydrogen-bond acceptors (Lipinski definition) is 5. The van der Waals surface area contributed by atoms with Crippen molar-refractivity contribution in [1.29, 1.82) is 0 Å². The van der Waals surface area contributed by atoms with E-state index in [2.05, 4.69) is 10.3 Å². The Labute approximate surface area is 151 Å². The van der Waals surface area contributed by atoms with Gasteiger partial charge in [0.1, 0.15) is 5.69 Å². The Morgan fingerprint density at radius 2 is 1.96 bits per heavy atom. The smallest absolute Gasteiger partial charge is 0.340 e. The number of fused-ring (bicyclic) bond motifs is 1. The lowest BCUT2D eigenvalue weighted by Crippen LogP contribution is -2.30. The fraction of sp³-hybridized carbons (Fsp3) is 0.333. The van der Waals surface area contributed by atoms with Gasteiger partial charge in [0.15, 0.2) is 9.84 Å². The lowest BCUT2D eigenvalue weighted by atomic mass is 10.1. The quantitative estimate of drug-likeness (QED) is 0.795. The average molecular weight is 376 g/mol. The number of sulfone groups is 1. The average Bonchev–Trinajstić information content (AvgIpc) is 3.02. The van der Waals surface area contributed by atoms with Crippen molar-refractivity contribution in [1.82, 2.24) is 10.3 Å². The molecule has 7 nitrogen and oxygen atoms in total. The van der Waals surface area contributed by atoms with Gasteiger partial charge in [0.25, 0.3) is 5.91 Å². The standard InChI is InChI=1S/C18H20N2O5S/c1-4-25-18(22)15-10(2)16(19-11(15)3)17(21)20-13-9-26(23,24)14-8-6-5-7-12(13)14/h5-8,13,19H,4,9H2,1-3H3,(H,20,21)/t13-/m1/s1. The summed E-state index contributed by atoms with van der Waals surface area (Å²) in [6.45, 7) is 5.29. The van der Waals surface area contributed by atoms with E-state index in [0.717, 1.165) is 0 Å². The van der Waals surface area contributed by atoms with Gasteiger partial charge in [0, 0.05) is 5.69 Å². The van der Waals surface area contributed by atoms with Gasteiger partial charge in [-0.05, 0) is 38.0 Å². The fourth-order valence-electron chi connectivity index (χ4n) is 3.29. The number of ether oxygens (including phenoxy) is 1. The molecule has 1 aromatic heterocycles. The van der Waals surface area contributed by atoms with Crippen molar-refractivity contribution in [2.45, 2.75) is 31.7 Å². The van der Waals surface area contributed by atoms with Crippen molar-refractivity contribution in [2.24, 2.45) is 0 Å². The Morgan fingerprint density at radius 3 is 2.65 bits per heavy atom. The highest BCUT2D eigenvalue weighted by Crippen LogP contribution is 2.33. The minimum absolute atomic E-state index is 0.179. The zero-order chi connectivity index (χ0) is 19.1. The predicted molar refractivity (Wildman–Crippen MR) is 94.9 cm³/mol. The summed E-state index contributed by atoms with van der Waals surface area (Å²) in [5, 5.41) is 2.76. The third kappa shape index (κ3) is 3.01. The summed E-state index contributed by atoms with van der Waals surface area (Å²) in [6, 6.07) is 6.01. The van der Waals surface area contributed by atoms with E-state index in [0.29, 0.717) is 22.4 Å². The first-order valence-corrected chi connectivity index (χ1v) is 9.90. The molecule has 3 rings (SSSR count). The van der Waals surface area contributed by atoms with Crippen LogP contribution in [0.5, 0.6) is 0 Å². The first kappa shape index (κ1) is 18.2. The lowest BCUT2D eigenvalue weighted by Gasteiger charge is -2.12. The normalized spacial score (nSPS) is 17.6. The topological polar surface area (TPSA) is 105 Å². The third-order valence-electron chi connectivity index (χ3n) is 4.47. The summed E-state index contributed by atoms with van der Waals surface area (Å²) < 4.78 is 29.5. The zero-order valence-corrected chi connectivity index (χ0v) is 15.6. The van der Waals surface area contributed by atoms with Gasteiger partial charge in [0.2, 0.25) is 0 Å². The van der Waals surface area contributed by atoms with Crippen LogP contribution in [-0.4, -0.2) is 37.6 Å². The minimum atomic E-state index is -3.42. The molecule has 1 amide bonds. The number of carbonyl (C=O) groups excluding carboxylic acids is 2. The van der Waals surface area contributed by atoms with E-state index in [9.17, 15) is 18.0 Å². The van der Waals surface area contributed by atoms with Gasteiger partial charge in [-0.25, -0.2) is 13.2 Å². The van der Waals surface area contributed by atoms with E-state index >= 15 is 0 Å². The molecule has 26 heavy (non-hydrogen) atoms. The SMILES string of the molecule is CCOC(=O)c1c(C)[nH]c(C(=O)N[C@@H]2CS(=O)(=O)c3ccccc32)c1C. The largest absolute Gasteiger partial charge is 0.462 e. The van der Waals surface area contributed by atoms with Crippen LogP contribution >= 0.6 is 0 Å². The van der Waals surface area contributed by atoms with Crippen molar-refractivity contribution >= 4 is 21.7 Å². The maximum absolute atomic E-state index is 12.7. The number of aromatic nitrogens is 1. The monoisotopic (exact) mass is 376 g/mol. The molecule has 1 aliphatic heterocycles. The van der Waals surface area contributed by atoms with Gasteiger partial charge in [-0.1, -0.05) is 18.2 Å². The van der Waals surface area contributed by atoms with Crippen molar-refractivity contribution in [2.75, 3.05) is 12.4 Å². The highest BCUT2D eigenvalue weighted by atomic mass is 32.2. The Balaban J connectivity index is 1.89. The van der Waals surface area contributed by atoms with Crippen LogP contribution in [0.25, 0.3) is 0 Å². The summed E-state index contributed by atoms with van der Waals surface area (Å²) in [5.74, 6) is -1.13. The molecule has 2 N–H and O–H groups in total. The fourth-order valence-corrected chi connectivity index (χ4v) is 5.02. The molecule has 2 heterocycles. The molecule has 0 aliphatic carbocycles. The van der Waals surface area contributed by atoms with Crippen LogP contribution in [0.15, 0.2) is 29.2 Å². The number of carbonyl (C=O) groups is 2. The maximum atomic E-state index is 12.7. The van der Waals surface area contributed by atoms with Gasteiger partial charge in [-0.2, -0.15) is 0 Å². The van der Waals surface area contributed by atoms with Gasteiger partial charge < -0.3 is 15.0 Å². The van der Waals surface area contributed by atoms with Crippen molar-refractivity contribution in [3.8, 4) is 0 Å². The first-order valence-electron chi connectivity index (χ1n) is 8.25. The maximum Gasteiger partial charge on any atom is 0.340 e. The zero-order valence-electron chi connectivity index (χ0n) is 14.8. The molecule has 0 saturated carbocycles. The van der Waals surface area contributed by atoms with Crippen LogP contribution in [0.4, 0.5) is 0 Å². The number of H-pyrrole nitrogens is 1. The van der Waals surface area contributed by atoms with Gasteiger partial charge in [0.05, 0.1) is 28.9 Å². The Morgan fingerprint density at radius 1 is 1.27 bits per heavy atom. The van der Waals surface area contributed by atoms with E-state index in [1.54, 1.807) is 45.0 Å². The Kier molecular flexibility index (Phi) is 4.62. The van der Waals surface area contributed by atoms with E-state index < -0.39 is 27.8 Å². The van der Waals surface area contributed by atoms with E-state index in [-0.39, 0.29) is 22.9 Å². The van der Waals surface area contributed by atoms with Crippen LogP contribution in [0.2, 0.25) is 0 Å². The number of esters is 1. The van der Waals surface area contributed by atoms with Crippen LogP contribution in [0.1, 0.15) is 50.6 Å². The number of nitrogens with one attached hydrogen (secondary N) is 2. The number of hydrogen-bond donors (Lipinski definition) is 2. The van der Waals surface area contributed by atoms with Crippen molar-refractivity contribution in [3.05, 3.63) is 52.3 Å². The van der Waals surface area contributed by atoms with Crippen LogP contribution in [0.3, 0.4) is 0 Å². The molecule has 0 spiro atoms. The molecule has 1 aromatic carbocycles. The highest BCUT2D eigenvalue weighted by Gasteiger charge is 2.36. The summed E-state index contributed by atoms with van der Waals surface area (Å²) in [5.41, 5.74) is 2.15. The second-order valence-electron chi connectivity index (χ2n) is 6.19. The molecule has 2 aromatic rings. The molecular formula is C18H20N2O5S. The molecule has 8 heteroatoms. The third-order valence-corrected chi connectivity index (χ3v) is 6.28. The molecule has 0 saturated heterocycles. The summed E-state index contributed by atoms with van der Waals surface area (Å²) in [7, 11) is -3.42. The van der Waals surface area contributed by atoms with Crippen LogP contribution in [0, 0.1) is 13.8 Å². The molecule has 138 valence electrons. The molecular weight excluding hydrogens is 356 g/mol. The van der Waals surface area contributed by atoms with Crippen molar-refractivity contribution < 1.29 is 22.7 Å². The number of benzene rings is 1. The first-order chi connectivity index (χ1) is 12.3. The number of amides is 1. The van der Waals surface area contributed by atoms with Gasteiger partial charge >= 0.3 is 5.97 Å². The number of aryl methyl sites for hydroxylation is 1. The molecule has 0 unspecified atom stereocenters. The second kappa shape index (κ2) is 6.60. The lowest BCUT2D eigenvalue weighted by molar-refractivity contribution is 0.0525. The van der Waals surface area contributed by atoms with E-state index in [4.69, 9.17) is 4.74 Å². The molecule has 0 fully saturated rings. The highest BCUT2D eigenvalue weighted by molar-refractivity contribution is 7.91. The summed E-state index contributed by atoms with van der Waals surface area (Å²) in [6.07, 6.45) is 0. The number of rotatable bonds is 4. The van der Waals surface area contributed by atoms with E-state index in [1.807, 2.05) is 0 Å². The predicted octanol–water partition coefficient (Wildman–Crippen LogP) is 2.07. The summed E-state index contributed by atoms with van der Waals surface area (Å²) >= 11 is 0. The summed E-state index contributed by atoms with van der Waals surface area (Å²) in [4.78, 5) is 27.9. The molecule has 1 aliphatic rings. The van der Waals surface area contributed by atoms with Gasteiger partial charge in [-0.15, -0.1) is 0 Å². The molecule has 1 atom stereocenters. The number of aromatic amines is 1. The Hall–Kier alpha value is -2.61. The second-order valence-corrected chi connectivity index (χ2v) is 8.19. The van der Waals surface area contributed by atoms with Crippen molar-refractivity contribution in [3.63, 3.8) is 0 Å².